The molecule has 0 heteroatoms. The standard InChI is InChI=1S/C39H26/c1-25-14-15-29-22-31(18-16-28(29)20-25)38-34-10-4-6-12-36(34)39(37-13-7-5-11-35(37)38)32-19-17-30-21-26-8-2-3-9-27(26)23-33(30)24-32/h2-24H,1H3. The first-order valence-electron chi connectivity index (χ1n) is 13.6. The fourth-order valence-corrected chi connectivity index (χ4v) is 6.37. The van der Waals surface area contributed by atoms with Gasteiger partial charge in [0.15, 0.2) is 0 Å². The number of fused-ring (bicyclic) bond motifs is 5. The Kier molecular flexibility index (Phi) is 4.84. The largest absolute Gasteiger partial charge is 0.0616 e. The van der Waals surface area contributed by atoms with Crippen molar-refractivity contribution in [2.24, 2.45) is 0 Å². The number of benzene rings is 8. The second kappa shape index (κ2) is 8.55. The molecule has 0 saturated heterocycles. The highest BCUT2D eigenvalue weighted by Crippen LogP contribution is 2.44. The molecule has 0 aliphatic carbocycles. The molecule has 0 spiro atoms. The maximum Gasteiger partial charge on any atom is -0.00262 e. The molecule has 0 aliphatic heterocycles. The number of hydrogen-bond donors (Lipinski definition) is 0. The normalized spacial score (nSPS) is 11.7. The summed E-state index contributed by atoms with van der Waals surface area (Å²) in [5.74, 6) is 0. The van der Waals surface area contributed by atoms with Crippen molar-refractivity contribution in [3.05, 3.63) is 145 Å². The van der Waals surface area contributed by atoms with E-state index >= 15 is 0 Å². The lowest BCUT2D eigenvalue weighted by atomic mass is 9.85. The minimum Gasteiger partial charge on any atom is -0.0616 e. The lowest BCUT2D eigenvalue weighted by Crippen LogP contribution is -1.91. The predicted molar refractivity (Wildman–Crippen MR) is 170 cm³/mol. The Bertz CT molecular complexity index is 2180. The van der Waals surface area contributed by atoms with Crippen LogP contribution in [-0.2, 0) is 0 Å². The quantitative estimate of drug-likeness (QED) is 0.210. The third-order valence-corrected chi connectivity index (χ3v) is 8.21. The molecule has 0 fully saturated rings. The van der Waals surface area contributed by atoms with Crippen LogP contribution in [0.25, 0.3) is 76.1 Å². The van der Waals surface area contributed by atoms with Crippen LogP contribution < -0.4 is 0 Å². The van der Waals surface area contributed by atoms with Crippen molar-refractivity contribution in [2.75, 3.05) is 0 Å². The summed E-state index contributed by atoms with van der Waals surface area (Å²) in [6.07, 6.45) is 0. The monoisotopic (exact) mass is 494 g/mol. The number of aryl methyl sites for hydroxylation is 1. The van der Waals surface area contributed by atoms with Gasteiger partial charge in [-0.15, -0.1) is 0 Å². The molecule has 8 rings (SSSR count). The summed E-state index contributed by atoms with van der Waals surface area (Å²) in [5.41, 5.74) is 6.41. The summed E-state index contributed by atoms with van der Waals surface area (Å²) in [6, 6.07) is 51.6. The smallest absolute Gasteiger partial charge is 0.00262 e. The zero-order chi connectivity index (χ0) is 25.9. The topological polar surface area (TPSA) is 0 Å². The molecular weight excluding hydrogens is 468 g/mol. The van der Waals surface area contributed by atoms with Gasteiger partial charge < -0.3 is 0 Å². The van der Waals surface area contributed by atoms with Crippen LogP contribution in [0.15, 0.2) is 140 Å². The summed E-state index contributed by atoms with van der Waals surface area (Å²) >= 11 is 0. The average Bonchev–Trinajstić information content (AvgIpc) is 2.98. The summed E-state index contributed by atoms with van der Waals surface area (Å²) in [4.78, 5) is 0. The second-order valence-electron chi connectivity index (χ2n) is 10.7. The van der Waals surface area contributed by atoms with Gasteiger partial charge in [-0.3, -0.25) is 0 Å². The molecule has 39 heavy (non-hydrogen) atoms. The predicted octanol–water partition coefficient (Wildman–Crippen LogP) is 11.1. The van der Waals surface area contributed by atoms with E-state index in [1.165, 1.54) is 81.7 Å². The van der Waals surface area contributed by atoms with Crippen LogP contribution in [0.2, 0.25) is 0 Å². The lowest BCUT2D eigenvalue weighted by Gasteiger charge is -2.18. The first-order valence-corrected chi connectivity index (χ1v) is 13.6. The van der Waals surface area contributed by atoms with E-state index < -0.39 is 0 Å². The van der Waals surface area contributed by atoms with E-state index in [2.05, 4.69) is 146 Å². The van der Waals surface area contributed by atoms with Crippen molar-refractivity contribution in [1.82, 2.24) is 0 Å². The highest BCUT2D eigenvalue weighted by atomic mass is 14.2. The summed E-state index contributed by atoms with van der Waals surface area (Å²) in [7, 11) is 0. The molecule has 0 atom stereocenters. The van der Waals surface area contributed by atoms with E-state index in [0.29, 0.717) is 0 Å². The van der Waals surface area contributed by atoms with Gasteiger partial charge in [-0.25, -0.2) is 0 Å². The zero-order valence-electron chi connectivity index (χ0n) is 21.8. The molecule has 0 bridgehead atoms. The van der Waals surface area contributed by atoms with Gasteiger partial charge in [0, 0.05) is 0 Å². The maximum atomic E-state index is 2.37. The van der Waals surface area contributed by atoms with Crippen LogP contribution in [0.5, 0.6) is 0 Å². The van der Waals surface area contributed by atoms with Crippen LogP contribution in [0.3, 0.4) is 0 Å². The SMILES string of the molecule is Cc1ccc2cc(-c3c4ccccc4c(-c4ccc5cc6ccccc6cc5c4)c4ccccc34)ccc2c1. The highest BCUT2D eigenvalue weighted by Gasteiger charge is 2.17. The minimum atomic E-state index is 1.26. The Morgan fingerprint density at radius 1 is 0.308 bits per heavy atom. The molecule has 0 nitrogen and oxygen atoms in total. The van der Waals surface area contributed by atoms with Gasteiger partial charge in [-0.1, -0.05) is 121 Å². The van der Waals surface area contributed by atoms with Crippen LogP contribution in [0.4, 0.5) is 0 Å². The molecular formula is C39H26. The summed E-state index contributed by atoms with van der Waals surface area (Å²) in [6.45, 7) is 2.16. The molecule has 8 aromatic rings. The molecule has 0 aliphatic rings. The Balaban J connectivity index is 1.44. The van der Waals surface area contributed by atoms with Crippen molar-refractivity contribution in [1.29, 1.82) is 0 Å². The van der Waals surface area contributed by atoms with Crippen LogP contribution in [-0.4, -0.2) is 0 Å². The minimum absolute atomic E-state index is 1.26. The highest BCUT2D eigenvalue weighted by molar-refractivity contribution is 6.22. The maximum absolute atomic E-state index is 2.37. The van der Waals surface area contributed by atoms with E-state index in [0.717, 1.165) is 0 Å². The zero-order valence-corrected chi connectivity index (χ0v) is 21.8. The fraction of sp³-hybridized carbons (Fsp3) is 0.0256. The molecule has 0 unspecified atom stereocenters. The van der Waals surface area contributed by atoms with Crippen molar-refractivity contribution in [2.45, 2.75) is 6.92 Å². The first-order chi connectivity index (χ1) is 19.2. The first kappa shape index (κ1) is 22.1. The van der Waals surface area contributed by atoms with Gasteiger partial charge in [-0.2, -0.15) is 0 Å². The number of rotatable bonds is 2. The fourth-order valence-electron chi connectivity index (χ4n) is 6.37. The molecule has 0 N–H and O–H groups in total. The summed E-state index contributed by atoms with van der Waals surface area (Å²) < 4.78 is 0. The van der Waals surface area contributed by atoms with Crippen molar-refractivity contribution < 1.29 is 0 Å². The molecule has 0 amide bonds. The Morgan fingerprint density at radius 3 is 1.26 bits per heavy atom. The molecule has 0 aromatic heterocycles. The lowest BCUT2D eigenvalue weighted by molar-refractivity contribution is 1.51. The molecule has 0 heterocycles. The van der Waals surface area contributed by atoms with Gasteiger partial charge in [0.05, 0.1) is 0 Å². The molecule has 8 aromatic carbocycles. The molecule has 0 radical (unpaired) electrons. The van der Waals surface area contributed by atoms with E-state index in [9.17, 15) is 0 Å². The summed E-state index contributed by atoms with van der Waals surface area (Å²) in [5, 5.41) is 12.8. The van der Waals surface area contributed by atoms with Gasteiger partial charge in [0.1, 0.15) is 0 Å². The van der Waals surface area contributed by atoms with Gasteiger partial charge in [-0.05, 0) is 107 Å². The Hall–Kier alpha value is -4.94. The van der Waals surface area contributed by atoms with Gasteiger partial charge >= 0.3 is 0 Å². The molecule has 182 valence electrons. The number of hydrogen-bond acceptors (Lipinski definition) is 0. The van der Waals surface area contributed by atoms with Gasteiger partial charge in [0.25, 0.3) is 0 Å². The van der Waals surface area contributed by atoms with E-state index in [1.54, 1.807) is 0 Å². The van der Waals surface area contributed by atoms with E-state index in [4.69, 9.17) is 0 Å². The van der Waals surface area contributed by atoms with Crippen molar-refractivity contribution in [3.63, 3.8) is 0 Å². The van der Waals surface area contributed by atoms with Gasteiger partial charge in [0.2, 0.25) is 0 Å². The van der Waals surface area contributed by atoms with Crippen molar-refractivity contribution in [3.8, 4) is 22.3 Å². The molecule has 0 saturated carbocycles. The van der Waals surface area contributed by atoms with Crippen LogP contribution >= 0.6 is 0 Å². The van der Waals surface area contributed by atoms with Crippen molar-refractivity contribution >= 4 is 53.9 Å². The Labute approximate surface area is 227 Å². The second-order valence-corrected chi connectivity index (χ2v) is 10.7. The van der Waals surface area contributed by atoms with E-state index in [1.807, 2.05) is 0 Å². The van der Waals surface area contributed by atoms with Crippen LogP contribution in [0, 0.1) is 6.92 Å². The van der Waals surface area contributed by atoms with Crippen LogP contribution in [0.1, 0.15) is 5.56 Å². The Morgan fingerprint density at radius 2 is 0.692 bits per heavy atom. The third kappa shape index (κ3) is 3.53. The van der Waals surface area contributed by atoms with E-state index in [-0.39, 0.29) is 0 Å². The average molecular weight is 495 g/mol. The third-order valence-electron chi connectivity index (χ3n) is 8.21.